The molecule has 3 fully saturated rings. The van der Waals surface area contributed by atoms with Crippen LogP contribution in [0.3, 0.4) is 0 Å². The highest BCUT2D eigenvalue weighted by molar-refractivity contribution is 9.10. The van der Waals surface area contributed by atoms with Crippen LogP contribution in [0.4, 0.5) is 5.82 Å². The molecule has 6 rings (SSSR count). The summed E-state index contributed by atoms with van der Waals surface area (Å²) in [4.78, 5) is 26.0. The Morgan fingerprint density at radius 2 is 2.00 bits per heavy atom. The Morgan fingerprint density at radius 1 is 1.17 bits per heavy atom. The fourth-order valence-corrected chi connectivity index (χ4v) is 4.83. The molecule has 1 amide bonds. The van der Waals surface area contributed by atoms with E-state index in [-0.39, 0.29) is 18.0 Å². The number of nitrogens with zero attached hydrogens (tertiary/aromatic N) is 6. The maximum Gasteiger partial charge on any atom is 0.258 e. The minimum absolute atomic E-state index is 0.0107. The summed E-state index contributed by atoms with van der Waals surface area (Å²) in [6.45, 7) is 2.71. The molecule has 1 saturated carbocycles. The van der Waals surface area contributed by atoms with Crippen LogP contribution in [-0.4, -0.2) is 54.4 Å². The minimum atomic E-state index is -0.0107. The Kier molecular flexibility index (Phi) is 4.98. The number of halogens is 1. The summed E-state index contributed by atoms with van der Waals surface area (Å²) in [6, 6.07) is 6.12. The second-order valence-corrected chi connectivity index (χ2v) is 8.93. The van der Waals surface area contributed by atoms with Crippen LogP contribution in [0.2, 0.25) is 0 Å². The van der Waals surface area contributed by atoms with Crippen molar-refractivity contribution < 1.29 is 4.79 Å². The van der Waals surface area contributed by atoms with E-state index in [1.807, 2.05) is 30.0 Å². The van der Waals surface area contributed by atoms with Crippen LogP contribution < -0.4 is 5.32 Å². The summed E-state index contributed by atoms with van der Waals surface area (Å²) in [5, 5.41) is 11.9. The third kappa shape index (κ3) is 3.58. The lowest BCUT2D eigenvalue weighted by Gasteiger charge is -2.50. The lowest BCUT2D eigenvalue weighted by atomic mass is 9.76. The predicted molar refractivity (Wildman–Crippen MR) is 115 cm³/mol. The summed E-state index contributed by atoms with van der Waals surface area (Å²) in [5.74, 6) is 1.78. The van der Waals surface area contributed by atoms with E-state index < -0.39 is 0 Å². The van der Waals surface area contributed by atoms with Gasteiger partial charge in [0, 0.05) is 29.5 Å². The van der Waals surface area contributed by atoms with Gasteiger partial charge in [-0.15, -0.1) is 4.80 Å². The number of anilines is 1. The van der Waals surface area contributed by atoms with Gasteiger partial charge in [0.05, 0.1) is 24.0 Å². The van der Waals surface area contributed by atoms with E-state index in [9.17, 15) is 4.79 Å². The lowest BCUT2D eigenvalue weighted by molar-refractivity contribution is 0.0281. The van der Waals surface area contributed by atoms with Crippen molar-refractivity contribution in [2.45, 2.75) is 38.3 Å². The van der Waals surface area contributed by atoms with Gasteiger partial charge in [0.1, 0.15) is 5.82 Å². The summed E-state index contributed by atoms with van der Waals surface area (Å²) >= 11 is 3.43. The number of piperidine rings is 2. The first-order valence-electron chi connectivity index (χ1n) is 10.1. The van der Waals surface area contributed by atoms with Gasteiger partial charge in [-0.1, -0.05) is 0 Å². The van der Waals surface area contributed by atoms with Gasteiger partial charge in [-0.2, -0.15) is 10.2 Å². The van der Waals surface area contributed by atoms with Crippen molar-refractivity contribution in [1.29, 1.82) is 0 Å². The predicted octanol–water partition coefficient (Wildman–Crippen LogP) is 3.23. The molecule has 0 aromatic carbocycles. The van der Waals surface area contributed by atoms with Crippen molar-refractivity contribution in [2.75, 3.05) is 11.9 Å². The fraction of sp³-hybridized carbons (Fsp3) is 0.381. The largest absolute Gasteiger partial charge is 0.365 e. The van der Waals surface area contributed by atoms with Crippen LogP contribution in [0.25, 0.3) is 5.82 Å². The number of rotatable bonds is 4. The van der Waals surface area contributed by atoms with Crippen LogP contribution in [0, 0.1) is 12.8 Å². The molecule has 2 aliphatic heterocycles. The lowest BCUT2D eigenvalue weighted by Crippen LogP contribution is -2.60. The van der Waals surface area contributed by atoms with Gasteiger partial charge in [0.25, 0.3) is 5.91 Å². The van der Waals surface area contributed by atoms with E-state index in [2.05, 4.69) is 41.4 Å². The molecular formula is C21H22BrN7O. The number of hydrogen-bond acceptors (Lipinski definition) is 6. The summed E-state index contributed by atoms with van der Waals surface area (Å²) in [5.41, 5.74) is 1.48. The first-order chi connectivity index (χ1) is 14.6. The van der Waals surface area contributed by atoms with Crippen molar-refractivity contribution >= 4 is 27.7 Å². The number of pyridine rings is 2. The molecule has 154 valence electrons. The van der Waals surface area contributed by atoms with Gasteiger partial charge in [0.15, 0.2) is 5.82 Å². The van der Waals surface area contributed by atoms with E-state index in [4.69, 9.17) is 0 Å². The third-order valence-corrected chi connectivity index (χ3v) is 6.41. The number of fused-ring (bicyclic) bond motifs is 3. The average Bonchev–Trinajstić information content (AvgIpc) is 3.30. The van der Waals surface area contributed by atoms with Crippen LogP contribution in [0.1, 0.15) is 35.2 Å². The first-order valence-corrected chi connectivity index (χ1v) is 10.9. The molecule has 3 aromatic heterocycles. The number of hydrogen-bond donors (Lipinski definition) is 1. The zero-order valence-electron chi connectivity index (χ0n) is 16.6. The molecule has 0 unspecified atom stereocenters. The molecule has 9 heteroatoms. The second kappa shape index (κ2) is 7.79. The Morgan fingerprint density at radius 3 is 2.73 bits per heavy atom. The van der Waals surface area contributed by atoms with Gasteiger partial charge in [-0.05, 0) is 71.8 Å². The molecule has 3 aliphatic rings. The average molecular weight is 468 g/mol. The van der Waals surface area contributed by atoms with Gasteiger partial charge in [0.2, 0.25) is 0 Å². The number of amides is 1. The quantitative estimate of drug-likeness (QED) is 0.633. The molecule has 2 saturated heterocycles. The van der Waals surface area contributed by atoms with E-state index in [1.54, 1.807) is 24.8 Å². The normalized spacial score (nSPS) is 22.9. The Hall–Kier alpha value is -2.81. The SMILES string of the molecule is Cc1cnc(-n2nccn2)c(C(=O)N2C[C@@H]3CC[C@H]2[C@H](Nc2ccc(Br)cn2)C3)c1. The molecule has 1 aliphatic carbocycles. The van der Waals surface area contributed by atoms with Crippen molar-refractivity contribution in [1.82, 2.24) is 29.9 Å². The topological polar surface area (TPSA) is 88.8 Å². The molecule has 8 nitrogen and oxygen atoms in total. The van der Waals surface area contributed by atoms with Crippen molar-refractivity contribution in [3.63, 3.8) is 0 Å². The van der Waals surface area contributed by atoms with Gasteiger partial charge >= 0.3 is 0 Å². The molecule has 0 radical (unpaired) electrons. The third-order valence-electron chi connectivity index (χ3n) is 5.94. The number of aromatic nitrogens is 5. The molecule has 5 heterocycles. The van der Waals surface area contributed by atoms with Gasteiger partial charge in [-0.25, -0.2) is 9.97 Å². The van der Waals surface area contributed by atoms with E-state index in [0.29, 0.717) is 17.3 Å². The van der Waals surface area contributed by atoms with Crippen molar-refractivity contribution in [3.05, 3.63) is 58.6 Å². The van der Waals surface area contributed by atoms with E-state index in [0.717, 1.165) is 41.7 Å². The first kappa shape index (κ1) is 19.2. The zero-order chi connectivity index (χ0) is 20.7. The minimum Gasteiger partial charge on any atom is -0.365 e. The summed E-state index contributed by atoms with van der Waals surface area (Å²) in [7, 11) is 0. The Bertz CT molecular complexity index is 1050. The molecule has 0 spiro atoms. The monoisotopic (exact) mass is 467 g/mol. The fourth-order valence-electron chi connectivity index (χ4n) is 4.59. The smallest absolute Gasteiger partial charge is 0.258 e. The molecule has 2 bridgehead atoms. The van der Waals surface area contributed by atoms with E-state index >= 15 is 0 Å². The standard InChI is InChI=1S/C21H22BrN7O/c1-13-8-16(20(24-10-13)29-25-6-7-26-29)21(30)28-12-14-2-4-18(28)17(9-14)27-19-5-3-15(22)11-23-19/h3,5-8,10-11,14,17-18H,2,4,9,12H2,1H3,(H,23,27)/t14-,17-,18+/m1/s1. The summed E-state index contributed by atoms with van der Waals surface area (Å²) < 4.78 is 0.946. The highest BCUT2D eigenvalue weighted by Gasteiger charge is 2.43. The highest BCUT2D eigenvalue weighted by Crippen LogP contribution is 2.37. The molecule has 3 aromatic rings. The van der Waals surface area contributed by atoms with Crippen molar-refractivity contribution in [2.24, 2.45) is 5.92 Å². The highest BCUT2D eigenvalue weighted by atomic mass is 79.9. The Balaban J connectivity index is 1.44. The Labute approximate surface area is 182 Å². The molecule has 3 atom stereocenters. The molecular weight excluding hydrogens is 446 g/mol. The maximum absolute atomic E-state index is 13.7. The van der Waals surface area contributed by atoms with E-state index in [1.165, 1.54) is 4.80 Å². The number of carbonyl (C=O) groups is 1. The number of nitrogens with one attached hydrogen (secondary N) is 1. The van der Waals surface area contributed by atoms with Crippen molar-refractivity contribution in [3.8, 4) is 5.82 Å². The second-order valence-electron chi connectivity index (χ2n) is 8.02. The molecule has 30 heavy (non-hydrogen) atoms. The van der Waals surface area contributed by atoms with Crippen LogP contribution in [-0.2, 0) is 0 Å². The number of carbonyl (C=O) groups excluding carboxylic acids is 1. The maximum atomic E-state index is 13.7. The van der Waals surface area contributed by atoms with Crippen LogP contribution >= 0.6 is 15.9 Å². The summed E-state index contributed by atoms with van der Waals surface area (Å²) in [6.07, 6.45) is 9.88. The number of aryl methyl sites for hydroxylation is 1. The molecule has 1 N–H and O–H groups in total. The zero-order valence-corrected chi connectivity index (χ0v) is 18.2. The van der Waals surface area contributed by atoms with Gasteiger partial charge < -0.3 is 10.2 Å². The van der Waals surface area contributed by atoms with Crippen LogP contribution in [0.5, 0.6) is 0 Å². The van der Waals surface area contributed by atoms with Gasteiger partial charge in [-0.3, -0.25) is 4.79 Å². The van der Waals surface area contributed by atoms with Crippen LogP contribution in [0.15, 0.2) is 47.5 Å².